The Labute approximate surface area is 167 Å². The molecule has 1 saturated heterocycles. The van der Waals surface area contributed by atoms with Crippen molar-refractivity contribution in [3.8, 4) is 5.69 Å². The molecular formula is C22H27ClN4. The highest BCUT2D eigenvalue weighted by atomic mass is 35.5. The van der Waals surface area contributed by atoms with E-state index in [1.807, 2.05) is 12.3 Å². The van der Waals surface area contributed by atoms with Crippen molar-refractivity contribution in [2.75, 3.05) is 19.6 Å². The van der Waals surface area contributed by atoms with Crippen molar-refractivity contribution in [1.82, 2.24) is 14.5 Å². The summed E-state index contributed by atoms with van der Waals surface area (Å²) in [6.07, 6.45) is 2.01. The number of benzene rings is 2. The molecule has 5 heteroatoms. The second-order valence-corrected chi connectivity index (χ2v) is 7.17. The number of hydrogen-bond acceptors (Lipinski definition) is 3. The average molecular weight is 383 g/mol. The largest absolute Gasteiger partial charge is 0.330 e. The molecule has 0 spiro atoms. The van der Waals surface area contributed by atoms with Crippen LogP contribution < -0.4 is 5.73 Å². The minimum atomic E-state index is 0. The third-order valence-electron chi connectivity index (χ3n) is 5.46. The van der Waals surface area contributed by atoms with Gasteiger partial charge in [0, 0.05) is 31.2 Å². The van der Waals surface area contributed by atoms with E-state index in [0.29, 0.717) is 11.8 Å². The zero-order chi connectivity index (χ0) is 17.9. The summed E-state index contributed by atoms with van der Waals surface area (Å²) in [5.41, 5.74) is 9.91. The van der Waals surface area contributed by atoms with E-state index < -0.39 is 0 Å². The summed E-state index contributed by atoms with van der Waals surface area (Å²) >= 11 is 0. The van der Waals surface area contributed by atoms with E-state index in [-0.39, 0.29) is 12.4 Å². The number of imidazole rings is 1. The number of hydrogen-bond donors (Lipinski definition) is 1. The molecule has 0 saturated carbocycles. The van der Waals surface area contributed by atoms with Gasteiger partial charge in [-0.1, -0.05) is 48.5 Å². The van der Waals surface area contributed by atoms with Crippen molar-refractivity contribution in [1.29, 1.82) is 0 Å². The van der Waals surface area contributed by atoms with Gasteiger partial charge in [0.15, 0.2) is 0 Å². The van der Waals surface area contributed by atoms with Gasteiger partial charge in [0.25, 0.3) is 0 Å². The van der Waals surface area contributed by atoms with Gasteiger partial charge < -0.3 is 5.73 Å². The Kier molecular flexibility index (Phi) is 6.32. The van der Waals surface area contributed by atoms with Gasteiger partial charge in [0.1, 0.15) is 5.82 Å². The molecule has 27 heavy (non-hydrogen) atoms. The van der Waals surface area contributed by atoms with Crippen LogP contribution in [0.25, 0.3) is 5.69 Å². The third kappa shape index (κ3) is 4.08. The number of nitrogens with zero attached hydrogens (tertiary/aromatic N) is 3. The molecule has 4 nitrogen and oxygen atoms in total. The lowest BCUT2D eigenvalue weighted by Crippen LogP contribution is -2.24. The number of aromatic nitrogens is 2. The van der Waals surface area contributed by atoms with Crippen LogP contribution in [-0.4, -0.2) is 34.1 Å². The van der Waals surface area contributed by atoms with E-state index in [1.165, 1.54) is 16.9 Å². The zero-order valence-corrected chi connectivity index (χ0v) is 16.5. The van der Waals surface area contributed by atoms with Gasteiger partial charge in [-0.3, -0.25) is 9.47 Å². The van der Waals surface area contributed by atoms with Crippen LogP contribution in [-0.2, 0) is 6.54 Å². The Morgan fingerprint density at radius 2 is 1.67 bits per heavy atom. The SMILES string of the molecule is Cc1ncc(CN2C[C@@H](CN)[C@H](c3ccccc3)C2)n1-c1ccccc1.Cl. The Hall–Kier alpha value is -2.14. The molecular weight excluding hydrogens is 356 g/mol. The predicted molar refractivity (Wildman–Crippen MR) is 113 cm³/mol. The highest BCUT2D eigenvalue weighted by Crippen LogP contribution is 2.33. The molecule has 4 rings (SSSR count). The van der Waals surface area contributed by atoms with Crippen LogP contribution in [0.4, 0.5) is 0 Å². The van der Waals surface area contributed by atoms with Crippen molar-refractivity contribution in [2.45, 2.75) is 19.4 Å². The predicted octanol–water partition coefficient (Wildman–Crippen LogP) is 3.78. The van der Waals surface area contributed by atoms with E-state index >= 15 is 0 Å². The maximum atomic E-state index is 6.10. The molecule has 1 aromatic heterocycles. The molecule has 2 aromatic carbocycles. The Morgan fingerprint density at radius 3 is 2.33 bits per heavy atom. The van der Waals surface area contributed by atoms with Gasteiger partial charge in [-0.25, -0.2) is 4.98 Å². The van der Waals surface area contributed by atoms with Crippen LogP contribution in [0.5, 0.6) is 0 Å². The quantitative estimate of drug-likeness (QED) is 0.730. The molecule has 1 aliphatic rings. The van der Waals surface area contributed by atoms with Gasteiger partial charge in [0.2, 0.25) is 0 Å². The maximum Gasteiger partial charge on any atom is 0.110 e. The van der Waals surface area contributed by atoms with Crippen LogP contribution in [0.3, 0.4) is 0 Å². The number of halogens is 1. The van der Waals surface area contributed by atoms with E-state index in [4.69, 9.17) is 5.73 Å². The number of rotatable bonds is 5. The van der Waals surface area contributed by atoms with Gasteiger partial charge in [0.05, 0.1) is 11.9 Å². The highest BCUT2D eigenvalue weighted by molar-refractivity contribution is 5.85. The fourth-order valence-electron chi connectivity index (χ4n) is 4.17. The normalized spacial score (nSPS) is 19.8. The molecule has 0 unspecified atom stereocenters. The molecule has 1 aliphatic heterocycles. The van der Waals surface area contributed by atoms with Crippen molar-refractivity contribution < 1.29 is 0 Å². The summed E-state index contributed by atoms with van der Waals surface area (Å²) in [7, 11) is 0. The van der Waals surface area contributed by atoms with Crippen molar-refractivity contribution >= 4 is 12.4 Å². The first kappa shape index (κ1) is 19.6. The number of likely N-dealkylation sites (tertiary alicyclic amines) is 1. The molecule has 0 aliphatic carbocycles. The standard InChI is InChI=1S/C22H26N4.ClH/c1-17-24-13-21(26(17)20-10-6-3-7-11-20)15-25-14-19(12-23)22(16-25)18-8-4-2-5-9-18;/h2-11,13,19,22H,12,14-16,23H2,1H3;1H/t19-,22+;/m1./s1. The molecule has 2 heterocycles. The van der Waals surface area contributed by atoms with E-state index in [2.05, 4.69) is 76.0 Å². The highest BCUT2D eigenvalue weighted by Gasteiger charge is 2.33. The number of nitrogens with two attached hydrogens (primary N) is 1. The summed E-state index contributed by atoms with van der Waals surface area (Å²) in [6.45, 7) is 5.78. The zero-order valence-electron chi connectivity index (χ0n) is 15.7. The molecule has 0 radical (unpaired) electrons. The van der Waals surface area contributed by atoms with Gasteiger partial charge in [-0.2, -0.15) is 0 Å². The minimum absolute atomic E-state index is 0. The molecule has 142 valence electrons. The summed E-state index contributed by atoms with van der Waals surface area (Å²) in [5.74, 6) is 2.04. The van der Waals surface area contributed by atoms with E-state index in [1.54, 1.807) is 0 Å². The second-order valence-electron chi connectivity index (χ2n) is 7.17. The second kappa shape index (κ2) is 8.70. The molecule has 0 amide bonds. The first-order valence-corrected chi connectivity index (χ1v) is 9.32. The minimum Gasteiger partial charge on any atom is -0.330 e. The number of para-hydroxylation sites is 1. The Balaban J connectivity index is 0.00000210. The molecule has 3 aromatic rings. The van der Waals surface area contributed by atoms with Crippen LogP contribution in [0.15, 0.2) is 66.9 Å². The molecule has 0 bridgehead atoms. The van der Waals surface area contributed by atoms with Crippen molar-refractivity contribution in [3.05, 3.63) is 83.9 Å². The van der Waals surface area contributed by atoms with Crippen LogP contribution in [0, 0.1) is 12.8 Å². The fourth-order valence-corrected chi connectivity index (χ4v) is 4.17. The fraction of sp³-hybridized carbons (Fsp3) is 0.318. The van der Waals surface area contributed by atoms with E-state index in [0.717, 1.165) is 32.0 Å². The summed E-state index contributed by atoms with van der Waals surface area (Å²) in [5, 5.41) is 0. The number of aryl methyl sites for hydroxylation is 1. The maximum absolute atomic E-state index is 6.10. The average Bonchev–Trinajstić information content (AvgIpc) is 3.26. The molecule has 2 atom stereocenters. The van der Waals surface area contributed by atoms with Gasteiger partial charge in [-0.05, 0) is 37.1 Å². The topological polar surface area (TPSA) is 47.1 Å². The monoisotopic (exact) mass is 382 g/mol. The summed E-state index contributed by atoms with van der Waals surface area (Å²) in [6, 6.07) is 21.3. The van der Waals surface area contributed by atoms with Crippen molar-refractivity contribution in [2.24, 2.45) is 11.7 Å². The van der Waals surface area contributed by atoms with Gasteiger partial charge in [-0.15, -0.1) is 12.4 Å². The molecule has 2 N–H and O–H groups in total. The van der Waals surface area contributed by atoms with Crippen molar-refractivity contribution in [3.63, 3.8) is 0 Å². The van der Waals surface area contributed by atoms with Gasteiger partial charge >= 0.3 is 0 Å². The lowest BCUT2D eigenvalue weighted by atomic mass is 9.89. The smallest absolute Gasteiger partial charge is 0.110 e. The lowest BCUT2D eigenvalue weighted by Gasteiger charge is -2.18. The first-order chi connectivity index (χ1) is 12.8. The molecule has 1 fully saturated rings. The van der Waals surface area contributed by atoms with Crippen LogP contribution >= 0.6 is 12.4 Å². The lowest BCUT2D eigenvalue weighted by molar-refractivity contribution is 0.311. The Bertz CT molecular complexity index is 847. The first-order valence-electron chi connectivity index (χ1n) is 9.32. The van der Waals surface area contributed by atoms with Crippen LogP contribution in [0.1, 0.15) is 23.0 Å². The van der Waals surface area contributed by atoms with Crippen LogP contribution in [0.2, 0.25) is 0 Å². The Morgan fingerprint density at radius 1 is 1.00 bits per heavy atom. The third-order valence-corrected chi connectivity index (χ3v) is 5.46. The summed E-state index contributed by atoms with van der Waals surface area (Å²) < 4.78 is 2.26. The van der Waals surface area contributed by atoms with E-state index in [9.17, 15) is 0 Å². The summed E-state index contributed by atoms with van der Waals surface area (Å²) in [4.78, 5) is 7.08.